The van der Waals surface area contributed by atoms with Gasteiger partial charge < -0.3 is 5.73 Å². The predicted molar refractivity (Wildman–Crippen MR) is 60.6 cm³/mol. The van der Waals surface area contributed by atoms with Crippen LogP contribution in [0.5, 0.6) is 0 Å². The molecule has 0 aliphatic heterocycles. The summed E-state index contributed by atoms with van der Waals surface area (Å²) in [6, 6.07) is 8.05. The predicted octanol–water partition coefficient (Wildman–Crippen LogP) is 3.18. The van der Waals surface area contributed by atoms with Crippen molar-refractivity contribution in [2.45, 2.75) is 31.7 Å². The second-order valence-electron chi connectivity index (χ2n) is 4.58. The van der Waals surface area contributed by atoms with Crippen molar-refractivity contribution in [3.05, 3.63) is 34.9 Å². The maximum absolute atomic E-state index is 6.27. The van der Waals surface area contributed by atoms with E-state index in [0.29, 0.717) is 11.8 Å². The molecule has 0 amide bonds. The van der Waals surface area contributed by atoms with Crippen molar-refractivity contribution < 1.29 is 0 Å². The molecule has 0 heterocycles. The molecule has 0 spiro atoms. The van der Waals surface area contributed by atoms with Crippen molar-refractivity contribution in [2.24, 2.45) is 11.7 Å². The summed E-state index contributed by atoms with van der Waals surface area (Å²) in [5.41, 5.74) is 7.56. The highest BCUT2D eigenvalue weighted by Gasteiger charge is 2.53. The number of nitrogens with two attached hydrogens (primary N) is 1. The standard InChI is InChI=1S/C12H16ClN/c1-8(2)12(14)7-11(12)9-4-3-5-10(13)6-9/h3-6,8,11H,7,14H2,1-2H3. The molecule has 1 aromatic carbocycles. The van der Waals surface area contributed by atoms with E-state index in [4.69, 9.17) is 17.3 Å². The molecule has 1 fully saturated rings. The first-order chi connectivity index (χ1) is 6.54. The van der Waals surface area contributed by atoms with E-state index < -0.39 is 0 Å². The smallest absolute Gasteiger partial charge is 0.0408 e. The van der Waals surface area contributed by atoms with E-state index in [1.807, 2.05) is 18.2 Å². The molecule has 2 unspecified atom stereocenters. The van der Waals surface area contributed by atoms with Crippen molar-refractivity contribution >= 4 is 11.6 Å². The largest absolute Gasteiger partial charge is 0.324 e. The molecule has 14 heavy (non-hydrogen) atoms. The Labute approximate surface area is 90.3 Å². The molecule has 2 N–H and O–H groups in total. The van der Waals surface area contributed by atoms with Crippen LogP contribution in [0, 0.1) is 5.92 Å². The van der Waals surface area contributed by atoms with E-state index >= 15 is 0 Å². The minimum atomic E-state index is 0.00465. The van der Waals surface area contributed by atoms with Crippen molar-refractivity contribution in [3.8, 4) is 0 Å². The Morgan fingerprint density at radius 3 is 2.71 bits per heavy atom. The first-order valence-electron chi connectivity index (χ1n) is 5.08. The average molecular weight is 210 g/mol. The molecule has 0 aromatic heterocycles. The van der Waals surface area contributed by atoms with Gasteiger partial charge in [-0.05, 0) is 30.0 Å². The lowest BCUT2D eigenvalue weighted by atomic mass is 9.97. The lowest BCUT2D eigenvalue weighted by molar-refractivity contribution is 0.464. The lowest BCUT2D eigenvalue weighted by Crippen LogP contribution is -2.30. The molecule has 0 bridgehead atoms. The van der Waals surface area contributed by atoms with Crippen LogP contribution in [-0.4, -0.2) is 5.54 Å². The fourth-order valence-corrected chi connectivity index (χ4v) is 2.28. The maximum atomic E-state index is 6.27. The molecule has 1 aliphatic carbocycles. The van der Waals surface area contributed by atoms with Crippen molar-refractivity contribution in [2.75, 3.05) is 0 Å². The fraction of sp³-hybridized carbons (Fsp3) is 0.500. The number of halogens is 1. The van der Waals surface area contributed by atoms with Crippen LogP contribution in [0.3, 0.4) is 0 Å². The minimum absolute atomic E-state index is 0.00465. The summed E-state index contributed by atoms with van der Waals surface area (Å²) in [7, 11) is 0. The van der Waals surface area contributed by atoms with Gasteiger partial charge in [-0.25, -0.2) is 0 Å². The molecular weight excluding hydrogens is 194 g/mol. The second kappa shape index (κ2) is 3.25. The first-order valence-corrected chi connectivity index (χ1v) is 5.46. The summed E-state index contributed by atoms with van der Waals surface area (Å²) < 4.78 is 0. The van der Waals surface area contributed by atoms with Gasteiger partial charge in [0.2, 0.25) is 0 Å². The lowest BCUT2D eigenvalue weighted by Gasteiger charge is -2.15. The average Bonchev–Trinajstić information content (AvgIpc) is 2.80. The first kappa shape index (κ1) is 10.0. The third-order valence-corrected chi connectivity index (χ3v) is 3.61. The van der Waals surface area contributed by atoms with Crippen LogP contribution in [-0.2, 0) is 0 Å². The molecule has 76 valence electrons. The molecule has 1 aliphatic rings. The zero-order valence-electron chi connectivity index (χ0n) is 8.63. The summed E-state index contributed by atoms with van der Waals surface area (Å²) in [6.45, 7) is 4.37. The van der Waals surface area contributed by atoms with Crippen LogP contribution >= 0.6 is 11.6 Å². The highest BCUT2D eigenvalue weighted by Crippen LogP contribution is 2.53. The van der Waals surface area contributed by atoms with E-state index in [1.54, 1.807) is 0 Å². The summed E-state index contributed by atoms with van der Waals surface area (Å²) in [6.07, 6.45) is 1.09. The SMILES string of the molecule is CC(C)C1(N)CC1c1cccc(Cl)c1. The van der Waals surface area contributed by atoms with Gasteiger partial charge in [0.25, 0.3) is 0 Å². The molecule has 0 saturated heterocycles. The normalized spacial score (nSPS) is 30.8. The molecule has 2 atom stereocenters. The van der Waals surface area contributed by atoms with Crippen LogP contribution in [0.2, 0.25) is 5.02 Å². The molecule has 2 heteroatoms. The van der Waals surface area contributed by atoms with Crippen LogP contribution in [0.4, 0.5) is 0 Å². The second-order valence-corrected chi connectivity index (χ2v) is 5.02. The Morgan fingerprint density at radius 2 is 2.21 bits per heavy atom. The third-order valence-electron chi connectivity index (χ3n) is 3.37. The van der Waals surface area contributed by atoms with Crippen molar-refractivity contribution in [3.63, 3.8) is 0 Å². The van der Waals surface area contributed by atoms with Gasteiger partial charge in [0.1, 0.15) is 0 Å². The van der Waals surface area contributed by atoms with Gasteiger partial charge in [-0.2, -0.15) is 0 Å². The van der Waals surface area contributed by atoms with Crippen LogP contribution in [0.15, 0.2) is 24.3 Å². The van der Waals surface area contributed by atoms with E-state index in [9.17, 15) is 0 Å². The summed E-state index contributed by atoms with van der Waals surface area (Å²) in [5.74, 6) is 1.03. The molecule has 1 nitrogen and oxygen atoms in total. The Morgan fingerprint density at radius 1 is 1.50 bits per heavy atom. The highest BCUT2D eigenvalue weighted by molar-refractivity contribution is 6.30. The maximum Gasteiger partial charge on any atom is 0.0408 e. The van der Waals surface area contributed by atoms with Crippen LogP contribution in [0.1, 0.15) is 31.7 Å². The van der Waals surface area contributed by atoms with Crippen molar-refractivity contribution in [1.82, 2.24) is 0 Å². The Kier molecular flexibility index (Phi) is 2.32. The molecule has 1 saturated carbocycles. The Hall–Kier alpha value is -0.530. The minimum Gasteiger partial charge on any atom is -0.324 e. The summed E-state index contributed by atoms with van der Waals surface area (Å²) >= 11 is 5.95. The van der Waals surface area contributed by atoms with Gasteiger partial charge in [-0.15, -0.1) is 0 Å². The highest BCUT2D eigenvalue weighted by atomic mass is 35.5. The molecular formula is C12H16ClN. The monoisotopic (exact) mass is 209 g/mol. The van der Waals surface area contributed by atoms with E-state index in [0.717, 1.165) is 11.4 Å². The quantitative estimate of drug-likeness (QED) is 0.796. The Balaban J connectivity index is 2.21. The van der Waals surface area contributed by atoms with Crippen LogP contribution < -0.4 is 5.73 Å². The summed E-state index contributed by atoms with van der Waals surface area (Å²) in [4.78, 5) is 0. The fourth-order valence-electron chi connectivity index (χ4n) is 2.08. The van der Waals surface area contributed by atoms with Gasteiger partial charge in [0.05, 0.1) is 0 Å². The third kappa shape index (κ3) is 1.55. The zero-order valence-corrected chi connectivity index (χ0v) is 9.38. The molecule has 1 aromatic rings. The van der Waals surface area contributed by atoms with E-state index in [1.165, 1.54) is 5.56 Å². The zero-order chi connectivity index (χ0) is 10.3. The van der Waals surface area contributed by atoms with E-state index in [2.05, 4.69) is 19.9 Å². The van der Waals surface area contributed by atoms with Gasteiger partial charge in [0.15, 0.2) is 0 Å². The van der Waals surface area contributed by atoms with E-state index in [-0.39, 0.29) is 5.54 Å². The van der Waals surface area contributed by atoms with Gasteiger partial charge >= 0.3 is 0 Å². The number of benzene rings is 1. The number of rotatable bonds is 2. The molecule has 0 radical (unpaired) electrons. The number of hydrogen-bond acceptors (Lipinski definition) is 1. The van der Waals surface area contributed by atoms with Crippen molar-refractivity contribution in [1.29, 1.82) is 0 Å². The van der Waals surface area contributed by atoms with Crippen LogP contribution in [0.25, 0.3) is 0 Å². The van der Waals surface area contributed by atoms with Gasteiger partial charge in [0, 0.05) is 16.5 Å². The topological polar surface area (TPSA) is 26.0 Å². The number of hydrogen-bond donors (Lipinski definition) is 1. The summed E-state index contributed by atoms with van der Waals surface area (Å²) in [5, 5.41) is 0.806. The Bertz CT molecular complexity index is 348. The molecule has 2 rings (SSSR count). The van der Waals surface area contributed by atoms with Gasteiger partial charge in [-0.1, -0.05) is 37.6 Å². The van der Waals surface area contributed by atoms with Gasteiger partial charge in [-0.3, -0.25) is 0 Å².